The van der Waals surface area contributed by atoms with Gasteiger partial charge in [-0.1, -0.05) is 68.5 Å². The fourth-order valence-corrected chi connectivity index (χ4v) is 17.6. The first-order chi connectivity index (χ1) is 54.5. The highest BCUT2D eigenvalue weighted by Gasteiger charge is 2.49. The highest BCUT2D eigenvalue weighted by Crippen LogP contribution is 2.51. The Labute approximate surface area is 678 Å². The van der Waals surface area contributed by atoms with Crippen molar-refractivity contribution >= 4 is 80.0 Å². The molecule has 6 heterocycles. The maximum atomic E-state index is 15.1. The number of carbonyl (C=O) groups excluding carboxylic acids is 2. The molecule has 0 amide bonds. The lowest BCUT2D eigenvalue weighted by Gasteiger charge is -2.33. The molecule has 3 saturated heterocycles. The first kappa shape index (κ1) is 80.9. The second-order valence-corrected chi connectivity index (χ2v) is 35.0. The van der Waals surface area contributed by atoms with E-state index in [1.54, 1.807) is 96.1 Å². The summed E-state index contributed by atoms with van der Waals surface area (Å²) in [6, 6.07) is 27.3. The fraction of sp³-hybridized carbons (Fsp3) is 0.442. The molecule has 9 aromatic rings. The Morgan fingerprint density at radius 1 is 0.482 bits per heavy atom. The maximum Gasteiger partial charge on any atom is 0.338 e. The average molecular weight is 1700 g/mol. The number of hydrogen-bond donors (Lipinski definition) is 2. The van der Waals surface area contributed by atoms with Crippen molar-refractivity contribution in [2.75, 3.05) is 29.4 Å². The molecule has 3 aromatic heterocycles. The van der Waals surface area contributed by atoms with Crippen LogP contribution in [0.4, 0.5) is 37.7 Å². The second-order valence-electron chi connectivity index (χ2n) is 33.0. The zero-order chi connectivity index (χ0) is 80.3. The van der Waals surface area contributed by atoms with Gasteiger partial charge < -0.3 is 57.5 Å². The van der Waals surface area contributed by atoms with Crippen LogP contribution in [0.15, 0.2) is 127 Å². The third-order valence-electron chi connectivity index (χ3n) is 22.4. The summed E-state index contributed by atoms with van der Waals surface area (Å²) in [7, 11) is 0. The van der Waals surface area contributed by atoms with Crippen LogP contribution in [0, 0.1) is 52.7 Å². The van der Waals surface area contributed by atoms with Gasteiger partial charge in [0.1, 0.15) is 80.5 Å². The van der Waals surface area contributed by atoms with E-state index in [1.165, 1.54) is 48.9 Å². The molecule has 0 radical (unpaired) electrons. The first-order valence-electron chi connectivity index (χ1n) is 38.6. The number of nitrogens with one attached hydrogen (secondary N) is 1. The normalized spacial score (nSPS) is 22.5. The minimum absolute atomic E-state index is 0.0127. The molecule has 9 atom stereocenters. The van der Waals surface area contributed by atoms with Gasteiger partial charge in [-0.15, -0.1) is 0 Å². The molecule has 602 valence electrons. The van der Waals surface area contributed by atoms with Crippen molar-refractivity contribution in [2.45, 2.75) is 204 Å². The molecule has 9 fully saturated rings. The van der Waals surface area contributed by atoms with Crippen molar-refractivity contribution < 1.29 is 83.1 Å². The number of anilines is 2. The number of nitrogens with zero attached hydrogens (tertiary/aromatic N) is 5. The van der Waals surface area contributed by atoms with E-state index in [2.05, 4.69) is 41.6 Å². The van der Waals surface area contributed by atoms with Gasteiger partial charge in [0.05, 0.1) is 102 Å². The molecular formula is C86H86BrCl3F6N6O12. The number of ether oxygens (including phenoxy) is 5. The zero-order valence-corrected chi connectivity index (χ0v) is 67.4. The summed E-state index contributed by atoms with van der Waals surface area (Å²) in [6.07, 6.45) is 11.9. The van der Waals surface area contributed by atoms with Crippen LogP contribution in [0.5, 0.6) is 0 Å². The fourth-order valence-electron chi connectivity index (χ4n) is 16.6. The number of aromatic carboxylic acids is 1. The Balaban J connectivity index is 0.000000126. The first-order valence-corrected chi connectivity index (χ1v) is 40.6. The number of esters is 2. The molecule has 0 unspecified atom stereocenters. The van der Waals surface area contributed by atoms with E-state index in [1.807, 2.05) is 4.90 Å². The molecule has 6 saturated carbocycles. The molecule has 18 rings (SSSR count). The third kappa shape index (κ3) is 18.0. The summed E-state index contributed by atoms with van der Waals surface area (Å²) >= 11 is 21.9. The van der Waals surface area contributed by atoms with Gasteiger partial charge in [0, 0.05) is 84.0 Å². The van der Waals surface area contributed by atoms with Gasteiger partial charge in [-0.05, 0) is 231 Å². The average Bonchev–Trinajstić information content (AvgIpc) is 1.62. The molecular weight excluding hydrogens is 1610 g/mol. The van der Waals surface area contributed by atoms with E-state index < -0.39 is 58.2 Å². The molecule has 3 aliphatic heterocycles. The van der Waals surface area contributed by atoms with E-state index in [-0.39, 0.29) is 111 Å². The number of carboxylic acid groups (broad SMARTS) is 1. The Morgan fingerprint density at radius 2 is 0.851 bits per heavy atom. The van der Waals surface area contributed by atoms with Crippen molar-refractivity contribution in [1.82, 2.24) is 20.8 Å². The predicted octanol–water partition coefficient (Wildman–Crippen LogP) is 21.1. The van der Waals surface area contributed by atoms with Crippen LogP contribution in [-0.4, -0.2) is 106 Å². The number of benzene rings is 6. The molecule has 18 nitrogen and oxygen atoms in total. The van der Waals surface area contributed by atoms with Gasteiger partial charge in [0.25, 0.3) is 0 Å². The Hall–Kier alpha value is -8.27. The van der Waals surface area contributed by atoms with Crippen LogP contribution in [0.3, 0.4) is 0 Å². The lowest BCUT2D eigenvalue weighted by molar-refractivity contribution is 0.00566. The topological polar surface area (TPSA) is 214 Å². The molecule has 114 heavy (non-hydrogen) atoms. The summed E-state index contributed by atoms with van der Waals surface area (Å²) in [5.74, 6) is -0.659. The smallest absolute Gasteiger partial charge is 0.338 e. The molecule has 6 aromatic carbocycles. The zero-order valence-electron chi connectivity index (χ0n) is 63.5. The number of piperidine rings is 3. The van der Waals surface area contributed by atoms with E-state index in [4.69, 9.17) is 77.2 Å². The van der Waals surface area contributed by atoms with Gasteiger partial charge in [0.2, 0.25) is 0 Å². The van der Waals surface area contributed by atoms with E-state index in [9.17, 15) is 36.3 Å². The van der Waals surface area contributed by atoms with Gasteiger partial charge >= 0.3 is 17.9 Å². The summed E-state index contributed by atoms with van der Waals surface area (Å²) in [4.78, 5) is 39.1. The van der Waals surface area contributed by atoms with Crippen molar-refractivity contribution in [3.63, 3.8) is 0 Å². The van der Waals surface area contributed by atoms with Crippen LogP contribution < -0.4 is 15.1 Å². The minimum Gasteiger partial charge on any atom is -0.478 e. The molecule has 6 aliphatic carbocycles. The van der Waals surface area contributed by atoms with E-state index in [0.717, 1.165) is 123 Å². The highest BCUT2D eigenvalue weighted by molar-refractivity contribution is 9.10. The quantitative estimate of drug-likeness (QED) is 0.0536. The maximum absolute atomic E-state index is 15.1. The summed E-state index contributed by atoms with van der Waals surface area (Å²) < 4.78 is 133. The molecule has 2 N–H and O–H groups in total. The molecule has 28 heteroatoms. The van der Waals surface area contributed by atoms with Crippen LogP contribution in [0.1, 0.15) is 201 Å². The number of carboxylic acids is 1. The summed E-state index contributed by atoms with van der Waals surface area (Å²) in [5.41, 5.74) is 4.46. The van der Waals surface area contributed by atoms with Crippen LogP contribution in [-0.2, 0) is 43.5 Å². The van der Waals surface area contributed by atoms with E-state index >= 15 is 4.39 Å². The lowest BCUT2D eigenvalue weighted by atomic mass is 10.0. The SMILES string of the molecule is CC(C)(C)OC(=O)c1ccc(Br)c(F)c1.CC(C)(C)OC(=O)c1ccc(N2C[C@@H]3C[C@H]2C[C@H]3OCc2c(-c3c(F)cccc3Cl)noc2C2CC2)c(F)c1.Fc1cccc(Cl)c1-c1noc(C2CC2)c1CO[C@@H]1C[C@@H]2C[C@H]1CN2.O=C(O)c1ccc(N2C[C@@H]3C[C@H]2C[C@H]3OCc2c(-c3c(F)cccc3Cl)noc2C2CC2)c(F)c1. The van der Waals surface area contributed by atoms with E-state index in [0.29, 0.717) is 81.1 Å². The van der Waals surface area contributed by atoms with Crippen LogP contribution in [0.2, 0.25) is 15.1 Å². The standard InChI is InChI=1S/C30H31ClF2N2O4.C26H23ClF2N2O4.C19H20ClFN2O2.C11H12BrFO2/c1-30(2,3)38-29(36)17-9-10-24(23(33)12-17)35-14-18-11-19(35)13-25(18)37-15-20-27(34-39-28(20)16-7-8-16)26-21(31)5-4-6-22(26)32;27-18-2-1-3-19(28)23(18)24-17(25(35-30-24)13-4-5-13)12-34-22-10-16-8-15(22)11-31(16)21-7-6-14(26(32)33)9-20(21)29;20-14-2-1-3-15(21)17(14)18-13(19(25-23-18)10-4-5-10)9-24-16-7-12-6-11(16)8-22-12;1-11(2,3)15-10(14)7-4-5-8(12)9(13)6-7/h4-6,9-10,12,16,18-19,25H,7-8,11,13-15H2,1-3H3;1-3,6-7,9,13,15-16,22H,4-5,8,10-12H2,(H,32,33);1-3,10-12,16,22H,4-9H2;4-6H,1-3H3/t18-,19-,25+;15-,16-,22+;11-,12-,16+;/m000./s1. The Bertz CT molecular complexity index is 5040. The van der Waals surface area contributed by atoms with Gasteiger partial charge in [-0.2, -0.15) is 0 Å². The van der Waals surface area contributed by atoms with Gasteiger partial charge in [-0.25, -0.2) is 40.7 Å². The number of aromatic nitrogens is 3. The Morgan fingerprint density at radius 3 is 1.17 bits per heavy atom. The van der Waals surface area contributed by atoms with Gasteiger partial charge in [-0.3, -0.25) is 0 Å². The number of hydrogen-bond acceptors (Lipinski definition) is 17. The molecule has 9 aliphatic rings. The monoisotopic (exact) mass is 1690 g/mol. The van der Waals surface area contributed by atoms with Crippen molar-refractivity contribution in [1.29, 1.82) is 0 Å². The largest absolute Gasteiger partial charge is 0.478 e. The molecule has 0 spiro atoms. The Kier molecular flexibility index (Phi) is 23.7. The second kappa shape index (κ2) is 33.4. The van der Waals surface area contributed by atoms with Crippen molar-refractivity contribution in [3.05, 3.63) is 214 Å². The van der Waals surface area contributed by atoms with Crippen molar-refractivity contribution in [2.24, 2.45) is 17.8 Å². The minimum atomic E-state index is -1.15. The van der Waals surface area contributed by atoms with Crippen LogP contribution in [0.25, 0.3) is 33.8 Å². The third-order valence-corrected chi connectivity index (χ3v) is 24.0. The van der Waals surface area contributed by atoms with Crippen LogP contribution >= 0.6 is 50.7 Å². The number of rotatable bonds is 20. The summed E-state index contributed by atoms with van der Waals surface area (Å²) in [5, 5.41) is 26.0. The lowest BCUT2D eigenvalue weighted by Crippen LogP contribution is -2.39. The highest BCUT2D eigenvalue weighted by atomic mass is 79.9. The number of carbonyl (C=O) groups is 3. The number of halogens is 10. The number of fused-ring (bicyclic) bond motifs is 6. The predicted molar refractivity (Wildman–Crippen MR) is 419 cm³/mol. The summed E-state index contributed by atoms with van der Waals surface area (Å²) in [6.45, 7) is 13.8. The van der Waals surface area contributed by atoms with Gasteiger partial charge in [0.15, 0.2) is 0 Å². The molecule has 6 bridgehead atoms. The van der Waals surface area contributed by atoms with Crippen molar-refractivity contribution in [3.8, 4) is 33.8 Å².